The first-order valence-corrected chi connectivity index (χ1v) is 7.95. The smallest absolute Gasteiger partial charge is 0.0957 e. The lowest BCUT2D eigenvalue weighted by molar-refractivity contribution is -0.152. The molecule has 4 atom stereocenters. The Balaban J connectivity index is 1.76. The molecule has 4 unspecified atom stereocenters. The minimum atomic E-state index is -0.609. The van der Waals surface area contributed by atoms with Gasteiger partial charge in [-0.1, -0.05) is 39.0 Å². The third kappa shape index (κ3) is 1.25. The third-order valence-corrected chi connectivity index (χ3v) is 6.94. The number of para-hydroxylation sites is 1. The van der Waals surface area contributed by atoms with Crippen LogP contribution in [0.15, 0.2) is 24.3 Å². The second kappa shape index (κ2) is 3.59. The van der Waals surface area contributed by atoms with Gasteiger partial charge in [0.25, 0.3) is 0 Å². The van der Waals surface area contributed by atoms with Crippen LogP contribution in [0.3, 0.4) is 0 Å². The number of aliphatic hydroxyl groups is 1. The number of benzene rings is 1. The van der Waals surface area contributed by atoms with Gasteiger partial charge >= 0.3 is 0 Å². The van der Waals surface area contributed by atoms with Crippen LogP contribution in [0.25, 0.3) is 0 Å². The van der Waals surface area contributed by atoms with E-state index in [9.17, 15) is 5.11 Å². The molecule has 1 aromatic carbocycles. The zero-order chi connectivity index (χ0) is 14.2. The lowest BCUT2D eigenvalue weighted by Crippen LogP contribution is -2.63. The van der Waals surface area contributed by atoms with Gasteiger partial charge in [-0.2, -0.15) is 0 Å². The van der Waals surface area contributed by atoms with E-state index in [1.807, 2.05) is 0 Å². The zero-order valence-electron chi connectivity index (χ0n) is 12.7. The van der Waals surface area contributed by atoms with Crippen LogP contribution in [-0.4, -0.2) is 16.7 Å². The molecule has 2 saturated carbocycles. The molecular formula is C18H25NO. The van der Waals surface area contributed by atoms with Crippen molar-refractivity contribution < 1.29 is 5.11 Å². The molecule has 4 rings (SSSR count). The normalized spacial score (nSPS) is 44.4. The fourth-order valence-corrected chi connectivity index (χ4v) is 5.71. The summed E-state index contributed by atoms with van der Waals surface area (Å²) in [6.45, 7) is 6.88. The Bertz CT molecular complexity index is 535. The summed E-state index contributed by atoms with van der Waals surface area (Å²) in [7, 11) is 0. The van der Waals surface area contributed by atoms with Crippen molar-refractivity contribution in [3.05, 3.63) is 29.8 Å². The predicted octanol–water partition coefficient (Wildman–Crippen LogP) is 3.60. The van der Waals surface area contributed by atoms with Crippen LogP contribution in [-0.2, 0) is 6.42 Å². The van der Waals surface area contributed by atoms with Gasteiger partial charge in [-0.25, -0.2) is 0 Å². The number of nitrogens with one attached hydrogen (secondary N) is 1. The molecule has 2 aliphatic carbocycles. The van der Waals surface area contributed by atoms with Crippen molar-refractivity contribution in [2.75, 3.05) is 5.32 Å². The highest BCUT2D eigenvalue weighted by Crippen LogP contribution is 2.69. The van der Waals surface area contributed by atoms with E-state index in [0.717, 1.165) is 6.42 Å². The summed E-state index contributed by atoms with van der Waals surface area (Å²) in [5.74, 6) is 0.669. The van der Waals surface area contributed by atoms with E-state index >= 15 is 0 Å². The lowest BCUT2D eigenvalue weighted by Gasteiger charge is -2.54. The molecule has 0 radical (unpaired) electrons. The molecule has 2 N–H and O–H groups in total. The van der Waals surface area contributed by atoms with Gasteiger partial charge in [-0.3, -0.25) is 0 Å². The van der Waals surface area contributed by atoms with Crippen molar-refractivity contribution in [3.8, 4) is 0 Å². The Morgan fingerprint density at radius 1 is 1.20 bits per heavy atom. The van der Waals surface area contributed by atoms with E-state index in [1.165, 1.54) is 30.5 Å². The summed E-state index contributed by atoms with van der Waals surface area (Å²) in [6.07, 6.45) is 4.60. The summed E-state index contributed by atoms with van der Waals surface area (Å²) < 4.78 is 0. The highest BCUT2D eigenvalue weighted by molar-refractivity contribution is 5.58. The maximum atomic E-state index is 11.8. The van der Waals surface area contributed by atoms with Gasteiger partial charge in [0.05, 0.1) is 11.6 Å². The predicted molar refractivity (Wildman–Crippen MR) is 81.7 cm³/mol. The molecule has 2 bridgehead atoms. The topological polar surface area (TPSA) is 32.3 Å². The molecule has 0 aromatic heterocycles. The van der Waals surface area contributed by atoms with Crippen LogP contribution in [0, 0.1) is 16.7 Å². The van der Waals surface area contributed by atoms with Crippen LogP contribution < -0.4 is 5.32 Å². The summed E-state index contributed by atoms with van der Waals surface area (Å²) in [5, 5.41) is 15.4. The monoisotopic (exact) mass is 271 g/mol. The van der Waals surface area contributed by atoms with Crippen molar-refractivity contribution >= 4 is 5.69 Å². The summed E-state index contributed by atoms with van der Waals surface area (Å²) in [4.78, 5) is 0. The van der Waals surface area contributed by atoms with E-state index in [0.29, 0.717) is 5.92 Å². The third-order valence-electron chi connectivity index (χ3n) is 6.94. The number of fused-ring (bicyclic) bond motifs is 3. The first-order chi connectivity index (χ1) is 9.38. The standard InChI is InChI=1S/C18H25NO/c1-16(2)13-8-9-17(3,11-13)18(16,20)15-10-12-6-4-5-7-14(12)19-15/h4-7,13,15,19-20H,8-11H2,1-3H3. The maximum Gasteiger partial charge on any atom is 0.0957 e. The van der Waals surface area contributed by atoms with Crippen molar-refractivity contribution in [2.24, 2.45) is 16.7 Å². The Morgan fingerprint density at radius 3 is 2.60 bits per heavy atom. The average Bonchev–Trinajstić information content (AvgIpc) is 3.04. The first-order valence-electron chi connectivity index (χ1n) is 7.95. The molecule has 1 aromatic rings. The Labute approximate surface area is 121 Å². The van der Waals surface area contributed by atoms with Crippen molar-refractivity contribution in [2.45, 2.75) is 58.1 Å². The average molecular weight is 271 g/mol. The van der Waals surface area contributed by atoms with Crippen molar-refractivity contribution in [1.82, 2.24) is 0 Å². The molecule has 20 heavy (non-hydrogen) atoms. The van der Waals surface area contributed by atoms with Gasteiger partial charge in [0.1, 0.15) is 0 Å². The molecule has 0 saturated heterocycles. The molecule has 2 heteroatoms. The van der Waals surface area contributed by atoms with Crippen molar-refractivity contribution in [3.63, 3.8) is 0 Å². The molecule has 1 aliphatic heterocycles. The van der Waals surface area contributed by atoms with Crippen LogP contribution in [0.4, 0.5) is 5.69 Å². The van der Waals surface area contributed by atoms with E-state index in [1.54, 1.807) is 0 Å². The van der Waals surface area contributed by atoms with Crippen molar-refractivity contribution in [1.29, 1.82) is 0 Å². The second-order valence-corrected chi connectivity index (χ2v) is 8.05. The largest absolute Gasteiger partial charge is 0.387 e. The minimum Gasteiger partial charge on any atom is -0.387 e. The number of anilines is 1. The minimum absolute atomic E-state index is 0.000288. The summed E-state index contributed by atoms with van der Waals surface area (Å²) in [6, 6.07) is 8.66. The van der Waals surface area contributed by atoms with Gasteiger partial charge < -0.3 is 10.4 Å². The molecular weight excluding hydrogens is 246 g/mol. The molecule has 2 fully saturated rings. The zero-order valence-corrected chi connectivity index (χ0v) is 12.7. The molecule has 3 aliphatic rings. The maximum absolute atomic E-state index is 11.8. The van der Waals surface area contributed by atoms with E-state index < -0.39 is 5.60 Å². The van der Waals surface area contributed by atoms with Gasteiger partial charge in [-0.15, -0.1) is 0 Å². The first kappa shape index (κ1) is 12.7. The van der Waals surface area contributed by atoms with Gasteiger partial charge in [0, 0.05) is 5.69 Å². The van der Waals surface area contributed by atoms with Gasteiger partial charge in [0.15, 0.2) is 0 Å². The summed E-state index contributed by atoms with van der Waals surface area (Å²) >= 11 is 0. The number of hydrogen-bond acceptors (Lipinski definition) is 2. The van der Waals surface area contributed by atoms with Gasteiger partial charge in [0.2, 0.25) is 0 Å². The van der Waals surface area contributed by atoms with E-state index in [4.69, 9.17) is 0 Å². The molecule has 108 valence electrons. The van der Waals surface area contributed by atoms with Crippen LogP contribution >= 0.6 is 0 Å². The van der Waals surface area contributed by atoms with Crippen LogP contribution in [0.5, 0.6) is 0 Å². The Hall–Kier alpha value is -1.02. The second-order valence-electron chi connectivity index (χ2n) is 8.05. The SMILES string of the molecule is CC12CCC(C1)C(C)(C)C2(O)C1Cc2ccccc2N1. The Morgan fingerprint density at radius 2 is 1.95 bits per heavy atom. The molecule has 0 amide bonds. The molecule has 1 heterocycles. The summed E-state index contributed by atoms with van der Waals surface area (Å²) in [5.41, 5.74) is 2.03. The Kier molecular flexibility index (Phi) is 2.28. The quantitative estimate of drug-likeness (QED) is 0.818. The van der Waals surface area contributed by atoms with E-state index in [2.05, 4.69) is 50.4 Å². The van der Waals surface area contributed by atoms with Crippen LogP contribution in [0.1, 0.15) is 45.6 Å². The lowest BCUT2D eigenvalue weighted by atomic mass is 9.57. The highest BCUT2D eigenvalue weighted by Gasteiger charge is 2.71. The molecule has 2 nitrogen and oxygen atoms in total. The van der Waals surface area contributed by atoms with Gasteiger partial charge in [-0.05, 0) is 54.1 Å². The fourth-order valence-electron chi connectivity index (χ4n) is 5.71. The number of rotatable bonds is 1. The number of hydrogen-bond donors (Lipinski definition) is 2. The molecule has 0 spiro atoms. The van der Waals surface area contributed by atoms with E-state index in [-0.39, 0.29) is 16.9 Å². The fraction of sp³-hybridized carbons (Fsp3) is 0.667. The van der Waals surface area contributed by atoms with Crippen LogP contribution in [0.2, 0.25) is 0 Å². The highest BCUT2D eigenvalue weighted by atomic mass is 16.3.